The van der Waals surface area contributed by atoms with Gasteiger partial charge in [-0.1, -0.05) is 51.0 Å². The molecule has 1 unspecified atom stereocenters. The molecule has 0 spiro atoms. The van der Waals surface area contributed by atoms with Crippen LogP contribution in [0.1, 0.15) is 90.2 Å². The lowest BCUT2D eigenvalue weighted by Crippen LogP contribution is -2.54. The van der Waals surface area contributed by atoms with Gasteiger partial charge in [-0.25, -0.2) is 20.0 Å². The fourth-order valence-corrected chi connectivity index (χ4v) is 8.17. The van der Waals surface area contributed by atoms with Gasteiger partial charge in [0.05, 0.1) is 20.3 Å². The number of hydrogen-bond acceptors (Lipinski definition) is 8. The molecule has 2 N–H and O–H groups in total. The van der Waals surface area contributed by atoms with Gasteiger partial charge in [-0.15, -0.1) is 0 Å². The van der Waals surface area contributed by atoms with Crippen LogP contribution in [0.2, 0.25) is 0 Å². The first kappa shape index (κ1) is 37.7. The van der Waals surface area contributed by atoms with Crippen LogP contribution in [0.3, 0.4) is 0 Å². The molecule has 2 aromatic carbocycles. The number of fused-ring (bicyclic) bond motifs is 1. The molecule has 6 rings (SSSR count). The summed E-state index contributed by atoms with van der Waals surface area (Å²) in [7, 11) is 2.59. The average Bonchev–Trinajstić information content (AvgIpc) is 3.96. The number of carbonyl (C=O) groups is 4. The molecule has 0 bridgehead atoms. The SMILES string of the molecule is COC(=O)N[C@H](C(=O)N1CCCC1C1=NC=C(c2ccc3cc(C4=CN=C([C@H]5CCCC[C@H]5C(=O)N(NC(=O)OC)C(C)C)C4)ccc3c2)C1)C(C)C. The van der Waals surface area contributed by atoms with E-state index in [2.05, 4.69) is 47.1 Å². The summed E-state index contributed by atoms with van der Waals surface area (Å²) in [6.07, 6.45) is 9.36. The normalized spacial score (nSPS) is 21.9. The lowest BCUT2D eigenvalue weighted by atomic mass is 9.74. The standard InChI is InChI=1S/C41H52N6O6/c1-24(2)37(44-40(50)52-5)39(49)46-17-9-12-36(46)35-21-31(23-43-35)29-16-14-26-18-28(15-13-27(26)19-29)30-20-34(42-22-30)32-10-7-8-11-33(32)38(48)47(25(3)4)45-41(51)53-6/h13-16,18-19,22-25,32-33,36-37H,7-12,17,20-21H2,1-6H3,(H,44,50)(H,45,51)/t32-,33+,36?,37-/m0/s1. The van der Waals surface area contributed by atoms with Crippen LogP contribution in [0.15, 0.2) is 58.8 Å². The molecule has 4 amide bonds. The van der Waals surface area contributed by atoms with E-state index in [1.54, 1.807) is 0 Å². The van der Waals surface area contributed by atoms with Gasteiger partial charge in [-0.3, -0.25) is 19.6 Å². The minimum absolute atomic E-state index is 0.0168. The van der Waals surface area contributed by atoms with E-state index in [1.165, 1.54) is 19.2 Å². The van der Waals surface area contributed by atoms with Gasteiger partial charge in [-0.2, -0.15) is 0 Å². The highest BCUT2D eigenvalue weighted by Gasteiger charge is 2.40. The summed E-state index contributed by atoms with van der Waals surface area (Å²) < 4.78 is 9.54. The third-order valence-corrected chi connectivity index (χ3v) is 11.1. The number of carbonyl (C=O) groups excluding carboxylic acids is 4. The summed E-state index contributed by atoms with van der Waals surface area (Å²) in [5, 5.41) is 6.37. The van der Waals surface area contributed by atoms with Crippen molar-refractivity contribution in [3.05, 3.63) is 59.9 Å². The van der Waals surface area contributed by atoms with Crippen molar-refractivity contribution in [2.24, 2.45) is 27.7 Å². The van der Waals surface area contributed by atoms with Crippen molar-refractivity contribution >= 4 is 57.3 Å². The molecular weight excluding hydrogens is 672 g/mol. The first-order chi connectivity index (χ1) is 25.5. The molecule has 1 saturated heterocycles. The monoisotopic (exact) mass is 724 g/mol. The van der Waals surface area contributed by atoms with Gasteiger partial charge in [0.1, 0.15) is 6.04 Å². The molecule has 4 atom stereocenters. The van der Waals surface area contributed by atoms with Crippen molar-refractivity contribution in [1.82, 2.24) is 20.7 Å². The van der Waals surface area contributed by atoms with Crippen LogP contribution in [-0.4, -0.2) is 84.2 Å². The zero-order chi connectivity index (χ0) is 37.8. The highest BCUT2D eigenvalue weighted by molar-refractivity contribution is 6.05. The zero-order valence-corrected chi connectivity index (χ0v) is 31.7. The van der Waals surface area contributed by atoms with E-state index in [4.69, 9.17) is 19.5 Å². The predicted molar refractivity (Wildman–Crippen MR) is 206 cm³/mol. The highest BCUT2D eigenvalue weighted by atomic mass is 16.5. The molecule has 3 heterocycles. The van der Waals surface area contributed by atoms with E-state index in [9.17, 15) is 19.2 Å². The smallest absolute Gasteiger partial charge is 0.425 e. The van der Waals surface area contributed by atoms with Crippen molar-refractivity contribution < 1.29 is 28.7 Å². The van der Waals surface area contributed by atoms with Crippen molar-refractivity contribution in [2.45, 2.75) is 97.2 Å². The Morgan fingerprint density at radius 3 is 2.00 bits per heavy atom. The summed E-state index contributed by atoms with van der Waals surface area (Å²) >= 11 is 0. The fourth-order valence-electron chi connectivity index (χ4n) is 8.17. The number of benzene rings is 2. The summed E-state index contributed by atoms with van der Waals surface area (Å²) in [5.74, 6) is -0.512. The number of hydrazine groups is 1. The highest BCUT2D eigenvalue weighted by Crippen LogP contribution is 2.39. The number of nitrogens with one attached hydrogen (secondary N) is 2. The Morgan fingerprint density at radius 1 is 0.792 bits per heavy atom. The molecule has 2 fully saturated rings. The molecule has 0 aromatic heterocycles. The summed E-state index contributed by atoms with van der Waals surface area (Å²) in [6.45, 7) is 8.23. The van der Waals surface area contributed by atoms with Gasteiger partial charge in [0, 0.05) is 61.1 Å². The van der Waals surface area contributed by atoms with E-state index < -0.39 is 18.2 Å². The maximum absolute atomic E-state index is 13.7. The predicted octanol–water partition coefficient (Wildman–Crippen LogP) is 6.90. The zero-order valence-electron chi connectivity index (χ0n) is 31.7. The molecule has 1 aliphatic carbocycles. The second kappa shape index (κ2) is 16.3. The van der Waals surface area contributed by atoms with Gasteiger partial charge >= 0.3 is 12.2 Å². The molecule has 0 radical (unpaired) electrons. The van der Waals surface area contributed by atoms with Gasteiger partial charge in [0.2, 0.25) is 11.8 Å². The molecule has 3 aliphatic heterocycles. The third kappa shape index (κ3) is 8.16. The van der Waals surface area contributed by atoms with Gasteiger partial charge in [0.25, 0.3) is 0 Å². The number of nitrogens with zero attached hydrogens (tertiary/aromatic N) is 4. The summed E-state index contributed by atoms with van der Waals surface area (Å²) in [4.78, 5) is 62.9. The van der Waals surface area contributed by atoms with Crippen molar-refractivity contribution in [3.63, 3.8) is 0 Å². The molecule has 53 heavy (non-hydrogen) atoms. The van der Waals surface area contributed by atoms with Crippen LogP contribution in [-0.2, 0) is 19.1 Å². The van der Waals surface area contributed by atoms with E-state index in [0.29, 0.717) is 19.4 Å². The molecule has 12 heteroatoms. The Hall–Kier alpha value is -5.00. The third-order valence-electron chi connectivity index (χ3n) is 11.1. The Morgan fingerprint density at radius 2 is 1.40 bits per heavy atom. The number of hydrogen-bond donors (Lipinski definition) is 2. The largest absolute Gasteiger partial charge is 0.453 e. The average molecular weight is 725 g/mol. The van der Waals surface area contributed by atoms with Gasteiger partial charge < -0.3 is 19.7 Å². The summed E-state index contributed by atoms with van der Waals surface area (Å²) in [5.41, 5.74) is 9.07. The molecule has 282 valence electrons. The maximum Gasteiger partial charge on any atom is 0.425 e. The Balaban J connectivity index is 1.10. The van der Waals surface area contributed by atoms with Crippen molar-refractivity contribution in [2.75, 3.05) is 20.8 Å². The van der Waals surface area contributed by atoms with Gasteiger partial charge in [-0.05, 0) is 90.6 Å². The summed E-state index contributed by atoms with van der Waals surface area (Å²) in [6, 6.07) is 12.0. The van der Waals surface area contributed by atoms with Crippen LogP contribution in [0.4, 0.5) is 9.59 Å². The molecule has 1 saturated carbocycles. The second-order valence-electron chi connectivity index (χ2n) is 15.1. The molecular formula is C41H52N6O6. The van der Waals surface area contributed by atoms with Crippen LogP contribution >= 0.6 is 0 Å². The Labute approximate surface area is 311 Å². The Kier molecular flexibility index (Phi) is 11.6. The van der Waals surface area contributed by atoms with E-state index >= 15 is 0 Å². The molecule has 12 nitrogen and oxygen atoms in total. The molecule has 4 aliphatic rings. The second-order valence-corrected chi connectivity index (χ2v) is 15.1. The van der Waals surface area contributed by atoms with Crippen LogP contribution in [0.25, 0.3) is 21.9 Å². The van der Waals surface area contributed by atoms with Crippen LogP contribution in [0.5, 0.6) is 0 Å². The van der Waals surface area contributed by atoms with Gasteiger partial charge in [0.15, 0.2) is 0 Å². The number of methoxy groups -OCH3 is 2. The minimum atomic E-state index is -0.660. The van der Waals surface area contributed by atoms with E-state index in [-0.39, 0.29) is 41.7 Å². The maximum atomic E-state index is 13.7. The minimum Gasteiger partial charge on any atom is -0.453 e. The van der Waals surface area contributed by atoms with Crippen molar-refractivity contribution in [3.8, 4) is 0 Å². The lowest BCUT2D eigenvalue weighted by Gasteiger charge is -2.36. The fraction of sp³-hybridized carbons (Fsp3) is 0.512. The number of alkyl carbamates (subject to hydrolysis) is 1. The first-order valence-corrected chi connectivity index (χ1v) is 18.9. The number of allylic oxidation sites excluding steroid dienone is 2. The van der Waals surface area contributed by atoms with Crippen LogP contribution in [0, 0.1) is 17.8 Å². The molecule has 2 aromatic rings. The lowest BCUT2D eigenvalue weighted by molar-refractivity contribution is -0.142. The first-order valence-electron chi connectivity index (χ1n) is 18.9. The Bertz CT molecular complexity index is 1880. The number of ether oxygens (including phenoxy) is 2. The number of likely N-dealkylation sites (tertiary alicyclic amines) is 1. The quantitative estimate of drug-likeness (QED) is 0.270. The topological polar surface area (TPSA) is 142 Å². The van der Waals surface area contributed by atoms with E-state index in [0.717, 1.165) is 83.0 Å². The number of amides is 4. The van der Waals surface area contributed by atoms with Crippen LogP contribution < -0.4 is 10.7 Å². The van der Waals surface area contributed by atoms with E-state index in [1.807, 2.05) is 45.0 Å². The number of rotatable bonds is 9. The number of aliphatic imine (C=N–C) groups is 2. The van der Waals surface area contributed by atoms with Crippen molar-refractivity contribution in [1.29, 1.82) is 0 Å².